The number of Topliss-reactive ketones (excluding diaryl/α,β-unsaturated/α-hetero) is 1. The van der Waals surface area contributed by atoms with Gasteiger partial charge in [-0.1, -0.05) is 23.2 Å². The van der Waals surface area contributed by atoms with E-state index in [0.717, 1.165) is 12.8 Å². The molecule has 0 unspecified atom stereocenters. The van der Waals surface area contributed by atoms with Crippen LogP contribution in [0.2, 0.25) is 10.0 Å². The highest BCUT2D eigenvalue weighted by atomic mass is 35.5. The van der Waals surface area contributed by atoms with E-state index in [9.17, 15) is 4.79 Å². The van der Waals surface area contributed by atoms with E-state index in [4.69, 9.17) is 27.9 Å². The topological polar surface area (TPSA) is 26.3 Å². The van der Waals surface area contributed by atoms with Crippen LogP contribution >= 0.6 is 23.2 Å². The van der Waals surface area contributed by atoms with Crippen LogP contribution in [0.15, 0.2) is 18.2 Å². The Morgan fingerprint density at radius 1 is 1.33 bits per heavy atom. The normalized spacial score (nSPS) is 15.1. The van der Waals surface area contributed by atoms with Crippen LogP contribution in [0.25, 0.3) is 0 Å². The fraction of sp³-hybridized carbons (Fsp3) is 0.364. The molecule has 0 spiro atoms. The number of hydrogen-bond donors (Lipinski definition) is 0. The van der Waals surface area contributed by atoms with Gasteiger partial charge in [0.15, 0.2) is 5.78 Å². The lowest BCUT2D eigenvalue weighted by Crippen LogP contribution is -2.12. The average Bonchev–Trinajstić information content (AvgIpc) is 3.03. The highest BCUT2D eigenvalue weighted by Gasteiger charge is 2.29. The Kier molecular flexibility index (Phi) is 3.17. The largest absolute Gasteiger partial charge is 0.486 e. The number of benzene rings is 1. The predicted molar refractivity (Wildman–Crippen MR) is 59.7 cm³/mol. The molecule has 0 heterocycles. The van der Waals surface area contributed by atoms with Crippen molar-refractivity contribution < 1.29 is 9.53 Å². The standard InChI is InChI=1S/C11H10Cl2O2/c12-9-4-3-8(5-10(9)13)15-6-11(14)7-1-2-7/h3-5,7H,1-2,6H2. The van der Waals surface area contributed by atoms with Gasteiger partial charge in [0.25, 0.3) is 0 Å². The van der Waals surface area contributed by atoms with Crippen molar-refractivity contribution in [1.82, 2.24) is 0 Å². The molecule has 15 heavy (non-hydrogen) atoms. The van der Waals surface area contributed by atoms with Crippen LogP contribution in [-0.4, -0.2) is 12.4 Å². The van der Waals surface area contributed by atoms with Gasteiger partial charge in [-0.2, -0.15) is 0 Å². The van der Waals surface area contributed by atoms with Crippen molar-refractivity contribution in [3.05, 3.63) is 28.2 Å². The zero-order valence-corrected chi connectivity index (χ0v) is 9.52. The van der Waals surface area contributed by atoms with E-state index in [1.807, 2.05) is 0 Å². The van der Waals surface area contributed by atoms with Crippen molar-refractivity contribution in [2.45, 2.75) is 12.8 Å². The summed E-state index contributed by atoms with van der Waals surface area (Å²) in [5.41, 5.74) is 0. The van der Waals surface area contributed by atoms with Crippen LogP contribution in [-0.2, 0) is 4.79 Å². The van der Waals surface area contributed by atoms with Gasteiger partial charge in [-0.05, 0) is 25.0 Å². The number of halogens is 2. The predicted octanol–water partition coefficient (Wildman–Crippen LogP) is 3.35. The van der Waals surface area contributed by atoms with Crippen molar-refractivity contribution in [2.75, 3.05) is 6.61 Å². The number of hydrogen-bond acceptors (Lipinski definition) is 2. The first-order valence-corrected chi connectivity index (χ1v) is 5.53. The van der Waals surface area contributed by atoms with Crippen molar-refractivity contribution in [1.29, 1.82) is 0 Å². The monoisotopic (exact) mass is 244 g/mol. The van der Waals surface area contributed by atoms with Gasteiger partial charge in [-0.25, -0.2) is 0 Å². The first kappa shape index (κ1) is 10.8. The minimum absolute atomic E-state index is 0.128. The van der Waals surface area contributed by atoms with E-state index in [1.165, 1.54) is 0 Å². The van der Waals surface area contributed by atoms with E-state index in [2.05, 4.69) is 0 Å². The molecule has 0 bridgehead atoms. The molecule has 80 valence electrons. The van der Waals surface area contributed by atoms with Gasteiger partial charge in [0.2, 0.25) is 0 Å². The quantitative estimate of drug-likeness (QED) is 0.813. The molecule has 1 aliphatic rings. The Morgan fingerprint density at radius 2 is 2.07 bits per heavy atom. The second kappa shape index (κ2) is 4.42. The molecule has 4 heteroatoms. The maximum atomic E-state index is 11.3. The summed E-state index contributed by atoms with van der Waals surface area (Å²) in [4.78, 5) is 11.3. The highest BCUT2D eigenvalue weighted by molar-refractivity contribution is 6.42. The SMILES string of the molecule is O=C(COc1ccc(Cl)c(Cl)c1)C1CC1. The molecule has 1 aromatic rings. The smallest absolute Gasteiger partial charge is 0.173 e. The van der Waals surface area contributed by atoms with E-state index < -0.39 is 0 Å². The minimum Gasteiger partial charge on any atom is -0.486 e. The maximum Gasteiger partial charge on any atom is 0.173 e. The molecule has 1 aromatic carbocycles. The van der Waals surface area contributed by atoms with Gasteiger partial charge in [-0.3, -0.25) is 4.79 Å². The molecule has 0 saturated heterocycles. The third-order valence-corrected chi connectivity index (χ3v) is 3.04. The van der Waals surface area contributed by atoms with Gasteiger partial charge >= 0.3 is 0 Å². The lowest BCUT2D eigenvalue weighted by molar-refractivity contribution is -0.122. The molecular formula is C11H10Cl2O2. The fourth-order valence-corrected chi connectivity index (χ4v) is 1.53. The lowest BCUT2D eigenvalue weighted by atomic mass is 10.3. The Morgan fingerprint density at radius 3 is 2.67 bits per heavy atom. The number of ketones is 1. The Hall–Kier alpha value is -0.730. The Balaban J connectivity index is 1.92. The maximum absolute atomic E-state index is 11.3. The van der Waals surface area contributed by atoms with Gasteiger partial charge in [0.05, 0.1) is 10.0 Å². The van der Waals surface area contributed by atoms with Crippen molar-refractivity contribution in [3.63, 3.8) is 0 Å². The summed E-state index contributed by atoms with van der Waals surface area (Å²) in [6.07, 6.45) is 2.01. The zero-order chi connectivity index (χ0) is 10.8. The number of ether oxygens (including phenoxy) is 1. The molecular weight excluding hydrogens is 235 g/mol. The van der Waals surface area contributed by atoms with Crippen LogP contribution in [0.5, 0.6) is 5.75 Å². The summed E-state index contributed by atoms with van der Waals surface area (Å²) in [5, 5.41) is 0.922. The summed E-state index contributed by atoms with van der Waals surface area (Å²) in [6, 6.07) is 4.97. The fourth-order valence-electron chi connectivity index (χ4n) is 1.24. The Bertz CT molecular complexity index is 386. The summed E-state index contributed by atoms with van der Waals surface area (Å²) in [5.74, 6) is 0.979. The molecule has 0 amide bonds. The second-order valence-corrected chi connectivity index (χ2v) is 4.42. The van der Waals surface area contributed by atoms with Crippen LogP contribution in [0.3, 0.4) is 0 Å². The average molecular weight is 245 g/mol. The van der Waals surface area contributed by atoms with Crippen molar-refractivity contribution >= 4 is 29.0 Å². The zero-order valence-electron chi connectivity index (χ0n) is 8.00. The molecule has 2 rings (SSSR count). The molecule has 2 nitrogen and oxygen atoms in total. The summed E-state index contributed by atoms with van der Waals surface area (Å²) >= 11 is 11.6. The second-order valence-electron chi connectivity index (χ2n) is 3.61. The van der Waals surface area contributed by atoms with Crippen molar-refractivity contribution in [2.24, 2.45) is 5.92 Å². The molecule has 1 fully saturated rings. The molecule has 0 N–H and O–H groups in total. The molecule has 0 aromatic heterocycles. The molecule has 1 saturated carbocycles. The first-order valence-electron chi connectivity index (χ1n) is 4.77. The molecule has 1 aliphatic carbocycles. The summed E-state index contributed by atoms with van der Waals surface area (Å²) in [6.45, 7) is 0.128. The number of carbonyl (C=O) groups excluding carboxylic acids is 1. The van der Waals surface area contributed by atoms with Crippen LogP contribution in [0.1, 0.15) is 12.8 Å². The number of carbonyl (C=O) groups is 1. The highest BCUT2D eigenvalue weighted by Crippen LogP contribution is 2.30. The minimum atomic E-state index is 0.128. The third-order valence-electron chi connectivity index (χ3n) is 2.30. The molecule has 0 aliphatic heterocycles. The Labute approximate surface area is 98.1 Å². The van der Waals surface area contributed by atoms with E-state index in [0.29, 0.717) is 15.8 Å². The van der Waals surface area contributed by atoms with E-state index in [1.54, 1.807) is 18.2 Å². The lowest BCUT2D eigenvalue weighted by Gasteiger charge is -2.05. The van der Waals surface area contributed by atoms with E-state index in [-0.39, 0.29) is 18.3 Å². The van der Waals surface area contributed by atoms with Gasteiger partial charge in [-0.15, -0.1) is 0 Å². The molecule has 0 radical (unpaired) electrons. The summed E-state index contributed by atoms with van der Waals surface area (Å²) < 4.78 is 5.31. The van der Waals surface area contributed by atoms with Crippen LogP contribution in [0.4, 0.5) is 0 Å². The third kappa shape index (κ3) is 2.86. The van der Waals surface area contributed by atoms with Crippen LogP contribution < -0.4 is 4.74 Å². The van der Waals surface area contributed by atoms with Gasteiger partial charge in [0.1, 0.15) is 12.4 Å². The van der Waals surface area contributed by atoms with Crippen LogP contribution in [0, 0.1) is 5.92 Å². The van der Waals surface area contributed by atoms with Crippen molar-refractivity contribution in [3.8, 4) is 5.75 Å². The molecule has 0 atom stereocenters. The summed E-state index contributed by atoms with van der Waals surface area (Å²) in [7, 11) is 0. The van der Waals surface area contributed by atoms with E-state index >= 15 is 0 Å². The van der Waals surface area contributed by atoms with Gasteiger partial charge < -0.3 is 4.74 Å². The number of rotatable bonds is 4. The first-order chi connectivity index (χ1) is 7.16. The van der Waals surface area contributed by atoms with Gasteiger partial charge in [0, 0.05) is 12.0 Å².